The molecule has 0 amide bonds. The van der Waals surface area contributed by atoms with Gasteiger partial charge < -0.3 is 10.4 Å². The van der Waals surface area contributed by atoms with Gasteiger partial charge in [0.2, 0.25) is 0 Å². The second-order valence-electron chi connectivity index (χ2n) is 4.35. The van der Waals surface area contributed by atoms with Crippen molar-refractivity contribution in [3.63, 3.8) is 0 Å². The third-order valence-corrected chi connectivity index (χ3v) is 3.30. The van der Waals surface area contributed by atoms with Gasteiger partial charge in [-0.1, -0.05) is 36.8 Å². The summed E-state index contributed by atoms with van der Waals surface area (Å²) in [4.78, 5) is 0. The summed E-state index contributed by atoms with van der Waals surface area (Å²) in [5, 5.41) is 12.7. The lowest BCUT2D eigenvalue weighted by molar-refractivity contribution is 0.205. The molecule has 82 valence electrons. The second kappa shape index (κ2) is 5.29. The maximum Gasteiger partial charge on any atom is 0.0474 e. The van der Waals surface area contributed by atoms with Crippen molar-refractivity contribution in [1.82, 2.24) is 5.32 Å². The fourth-order valence-electron chi connectivity index (χ4n) is 2.37. The van der Waals surface area contributed by atoms with Gasteiger partial charge in [-0.25, -0.2) is 0 Å². The smallest absolute Gasteiger partial charge is 0.0474 e. The third-order valence-electron chi connectivity index (χ3n) is 3.30. The molecule has 1 aliphatic rings. The summed E-state index contributed by atoms with van der Waals surface area (Å²) in [6.45, 7) is 1.24. The fourth-order valence-corrected chi connectivity index (χ4v) is 2.37. The first kappa shape index (κ1) is 10.7. The van der Waals surface area contributed by atoms with Crippen LogP contribution in [0, 0.1) is 5.92 Å². The first-order chi connectivity index (χ1) is 7.40. The van der Waals surface area contributed by atoms with Crippen LogP contribution in [0.15, 0.2) is 30.3 Å². The summed E-state index contributed by atoms with van der Waals surface area (Å²) in [6, 6.07) is 10.9. The normalized spacial score (nSPS) is 25.7. The molecule has 1 aliphatic carbocycles. The molecule has 15 heavy (non-hydrogen) atoms. The lowest BCUT2D eigenvalue weighted by Gasteiger charge is -2.18. The number of hydrogen-bond donors (Lipinski definition) is 2. The van der Waals surface area contributed by atoms with Gasteiger partial charge in [0.1, 0.15) is 0 Å². The number of aliphatic hydroxyl groups excluding tert-OH is 1. The topological polar surface area (TPSA) is 32.3 Å². The Hall–Kier alpha value is -0.860. The van der Waals surface area contributed by atoms with Gasteiger partial charge in [-0.15, -0.1) is 0 Å². The van der Waals surface area contributed by atoms with E-state index in [1.165, 1.54) is 24.8 Å². The molecule has 1 aromatic carbocycles. The van der Waals surface area contributed by atoms with Crippen molar-refractivity contribution in [2.75, 3.05) is 6.61 Å². The van der Waals surface area contributed by atoms with Gasteiger partial charge in [0.15, 0.2) is 0 Å². The number of nitrogens with one attached hydrogen (secondary N) is 1. The molecule has 2 atom stereocenters. The predicted octanol–water partition coefficient (Wildman–Crippen LogP) is 1.94. The van der Waals surface area contributed by atoms with E-state index < -0.39 is 0 Å². The Kier molecular flexibility index (Phi) is 3.75. The SMILES string of the molecule is OC[C@@H]1CCC[C@@H]1NCc1ccccc1. The van der Waals surface area contributed by atoms with E-state index in [4.69, 9.17) is 0 Å². The zero-order valence-corrected chi connectivity index (χ0v) is 9.02. The van der Waals surface area contributed by atoms with Crippen LogP contribution in [0.25, 0.3) is 0 Å². The van der Waals surface area contributed by atoms with E-state index in [1.807, 2.05) is 6.07 Å². The van der Waals surface area contributed by atoms with Gasteiger partial charge in [-0.2, -0.15) is 0 Å². The van der Waals surface area contributed by atoms with E-state index in [0.29, 0.717) is 18.6 Å². The molecule has 1 aromatic rings. The Morgan fingerprint density at radius 3 is 2.73 bits per heavy atom. The molecule has 2 heteroatoms. The highest BCUT2D eigenvalue weighted by Gasteiger charge is 2.25. The van der Waals surface area contributed by atoms with Crippen molar-refractivity contribution in [1.29, 1.82) is 0 Å². The van der Waals surface area contributed by atoms with E-state index in [9.17, 15) is 5.11 Å². The van der Waals surface area contributed by atoms with Crippen LogP contribution in [-0.4, -0.2) is 17.8 Å². The van der Waals surface area contributed by atoms with Crippen LogP contribution in [0.5, 0.6) is 0 Å². The quantitative estimate of drug-likeness (QED) is 0.787. The summed E-state index contributed by atoms with van der Waals surface area (Å²) >= 11 is 0. The van der Waals surface area contributed by atoms with Crippen molar-refractivity contribution in [2.45, 2.75) is 31.8 Å². The van der Waals surface area contributed by atoms with Crippen molar-refractivity contribution in [3.05, 3.63) is 35.9 Å². The van der Waals surface area contributed by atoms with Crippen LogP contribution in [0.1, 0.15) is 24.8 Å². The van der Waals surface area contributed by atoms with Crippen molar-refractivity contribution in [2.24, 2.45) is 5.92 Å². The van der Waals surface area contributed by atoms with Gasteiger partial charge in [0.05, 0.1) is 0 Å². The van der Waals surface area contributed by atoms with Crippen LogP contribution in [-0.2, 0) is 6.54 Å². The number of benzene rings is 1. The van der Waals surface area contributed by atoms with E-state index in [2.05, 4.69) is 29.6 Å². The van der Waals surface area contributed by atoms with E-state index in [1.54, 1.807) is 0 Å². The summed E-state index contributed by atoms with van der Waals surface area (Å²) in [5.41, 5.74) is 1.32. The van der Waals surface area contributed by atoms with E-state index in [-0.39, 0.29) is 0 Å². The first-order valence-corrected chi connectivity index (χ1v) is 5.78. The van der Waals surface area contributed by atoms with E-state index >= 15 is 0 Å². The summed E-state index contributed by atoms with van der Waals surface area (Å²) in [6.07, 6.45) is 3.62. The minimum atomic E-state index is 0.326. The molecule has 0 aromatic heterocycles. The Morgan fingerprint density at radius 1 is 1.20 bits per heavy atom. The molecule has 2 rings (SSSR count). The second-order valence-corrected chi connectivity index (χ2v) is 4.35. The average Bonchev–Trinajstić information content (AvgIpc) is 2.75. The molecule has 2 N–H and O–H groups in total. The third kappa shape index (κ3) is 2.80. The molecule has 0 bridgehead atoms. The molecule has 0 heterocycles. The van der Waals surface area contributed by atoms with Gasteiger partial charge in [0, 0.05) is 19.2 Å². The molecule has 0 aliphatic heterocycles. The summed E-state index contributed by atoms with van der Waals surface area (Å²) in [5.74, 6) is 0.466. The van der Waals surface area contributed by atoms with Crippen molar-refractivity contribution in [3.8, 4) is 0 Å². The number of rotatable bonds is 4. The Labute approximate surface area is 91.3 Å². The van der Waals surface area contributed by atoms with Crippen LogP contribution in [0.4, 0.5) is 0 Å². The zero-order chi connectivity index (χ0) is 10.5. The molecule has 1 fully saturated rings. The van der Waals surface area contributed by atoms with Crippen molar-refractivity contribution >= 4 is 0 Å². The lowest BCUT2D eigenvalue weighted by Crippen LogP contribution is -2.33. The standard InChI is InChI=1S/C13H19NO/c15-10-12-7-4-8-13(12)14-9-11-5-2-1-3-6-11/h1-3,5-6,12-15H,4,7-10H2/t12-,13-/m0/s1. The first-order valence-electron chi connectivity index (χ1n) is 5.78. The van der Waals surface area contributed by atoms with Crippen LogP contribution < -0.4 is 5.32 Å². The maximum atomic E-state index is 9.19. The van der Waals surface area contributed by atoms with Crippen LogP contribution in [0.3, 0.4) is 0 Å². The zero-order valence-electron chi connectivity index (χ0n) is 9.02. The predicted molar refractivity (Wildman–Crippen MR) is 61.5 cm³/mol. The van der Waals surface area contributed by atoms with Gasteiger partial charge >= 0.3 is 0 Å². The Balaban J connectivity index is 1.83. The molecule has 0 unspecified atom stereocenters. The summed E-state index contributed by atoms with van der Waals surface area (Å²) in [7, 11) is 0. The van der Waals surface area contributed by atoms with Crippen LogP contribution in [0.2, 0.25) is 0 Å². The highest BCUT2D eigenvalue weighted by molar-refractivity contribution is 5.14. The van der Waals surface area contributed by atoms with Gasteiger partial charge in [-0.3, -0.25) is 0 Å². The maximum absolute atomic E-state index is 9.19. The fraction of sp³-hybridized carbons (Fsp3) is 0.538. The number of hydrogen-bond acceptors (Lipinski definition) is 2. The highest BCUT2D eigenvalue weighted by Crippen LogP contribution is 2.25. The van der Waals surface area contributed by atoms with Crippen LogP contribution >= 0.6 is 0 Å². The number of aliphatic hydroxyl groups is 1. The molecule has 0 radical (unpaired) electrons. The van der Waals surface area contributed by atoms with Gasteiger partial charge in [-0.05, 0) is 24.3 Å². The minimum absolute atomic E-state index is 0.326. The van der Waals surface area contributed by atoms with E-state index in [0.717, 1.165) is 6.54 Å². The molecule has 1 saturated carbocycles. The molecular formula is C13H19NO. The Bertz CT molecular complexity index is 286. The molecular weight excluding hydrogens is 186 g/mol. The Morgan fingerprint density at radius 2 is 2.00 bits per heavy atom. The summed E-state index contributed by atoms with van der Waals surface area (Å²) < 4.78 is 0. The highest BCUT2D eigenvalue weighted by atomic mass is 16.3. The van der Waals surface area contributed by atoms with Gasteiger partial charge in [0.25, 0.3) is 0 Å². The molecule has 0 spiro atoms. The van der Waals surface area contributed by atoms with Crippen molar-refractivity contribution < 1.29 is 5.11 Å². The average molecular weight is 205 g/mol. The molecule has 0 saturated heterocycles. The largest absolute Gasteiger partial charge is 0.396 e. The lowest BCUT2D eigenvalue weighted by atomic mass is 10.0. The molecule has 2 nitrogen and oxygen atoms in total. The monoisotopic (exact) mass is 205 g/mol. The minimum Gasteiger partial charge on any atom is -0.396 e.